The molecule has 0 aromatic heterocycles. The third-order valence-electron chi connectivity index (χ3n) is 3.19. The van der Waals surface area contributed by atoms with Gasteiger partial charge in [0.15, 0.2) is 6.04 Å². The quantitative estimate of drug-likeness (QED) is 0.535. The van der Waals surface area contributed by atoms with Crippen LogP contribution >= 0.6 is 0 Å². The van der Waals surface area contributed by atoms with Crippen molar-refractivity contribution in [1.29, 1.82) is 0 Å². The lowest BCUT2D eigenvalue weighted by molar-refractivity contribution is -0.148. The number of carbonyl (C=O) groups excluding carboxylic acids is 2. The number of nitrogens with one attached hydrogen (secondary N) is 1. The molecule has 0 spiro atoms. The van der Waals surface area contributed by atoms with Crippen molar-refractivity contribution in [2.75, 3.05) is 13.2 Å². The standard InChI is InChI=1S/C17H25NO5/c1-4-6-11-23-14-9-7-13(8-10-14)16(20)18-15(12(3)19)17(21)22-5-2/h7-10,12,15,19H,4-6,11H2,1-3H3,(H,18,20)/t12-,15-/m1/s1. The SMILES string of the molecule is CCCCOc1ccc(C(=O)N[C@@H](C(=O)OCC)[C@@H](C)O)cc1. The number of amides is 1. The van der Waals surface area contributed by atoms with Crippen LogP contribution in [0.5, 0.6) is 5.75 Å². The van der Waals surface area contributed by atoms with Gasteiger partial charge in [0, 0.05) is 5.56 Å². The number of aliphatic hydroxyl groups is 1. The molecule has 1 rings (SSSR count). The molecule has 0 radical (unpaired) electrons. The van der Waals surface area contributed by atoms with E-state index in [0.29, 0.717) is 17.9 Å². The van der Waals surface area contributed by atoms with E-state index >= 15 is 0 Å². The van der Waals surface area contributed by atoms with Crippen LogP contribution in [0.15, 0.2) is 24.3 Å². The summed E-state index contributed by atoms with van der Waals surface area (Å²) in [5.74, 6) is -0.424. The molecular weight excluding hydrogens is 298 g/mol. The van der Waals surface area contributed by atoms with Crippen LogP contribution in [0.25, 0.3) is 0 Å². The first-order chi connectivity index (χ1) is 11.0. The third kappa shape index (κ3) is 6.28. The summed E-state index contributed by atoms with van der Waals surface area (Å²) in [4.78, 5) is 23.9. The number of hydrogen-bond acceptors (Lipinski definition) is 5. The maximum Gasteiger partial charge on any atom is 0.331 e. The smallest absolute Gasteiger partial charge is 0.331 e. The van der Waals surface area contributed by atoms with Crippen LogP contribution < -0.4 is 10.1 Å². The topological polar surface area (TPSA) is 84.9 Å². The van der Waals surface area contributed by atoms with E-state index in [1.165, 1.54) is 6.92 Å². The van der Waals surface area contributed by atoms with Gasteiger partial charge in [-0.3, -0.25) is 4.79 Å². The summed E-state index contributed by atoms with van der Waals surface area (Å²) in [7, 11) is 0. The van der Waals surface area contributed by atoms with Crippen molar-refractivity contribution >= 4 is 11.9 Å². The number of carbonyl (C=O) groups is 2. The fourth-order valence-corrected chi connectivity index (χ4v) is 1.87. The predicted octanol–water partition coefficient (Wildman–Crippen LogP) is 1.91. The molecule has 1 aromatic rings. The number of hydrogen-bond donors (Lipinski definition) is 2. The molecule has 0 bridgehead atoms. The lowest BCUT2D eigenvalue weighted by atomic mass is 10.1. The summed E-state index contributed by atoms with van der Waals surface area (Å²) in [6, 6.07) is 5.53. The van der Waals surface area contributed by atoms with Gasteiger partial charge < -0.3 is 19.9 Å². The summed E-state index contributed by atoms with van der Waals surface area (Å²) in [6.07, 6.45) is 0.974. The van der Waals surface area contributed by atoms with Crippen molar-refractivity contribution in [3.8, 4) is 5.75 Å². The summed E-state index contributed by atoms with van der Waals surface area (Å²) in [5.41, 5.74) is 0.378. The van der Waals surface area contributed by atoms with Crippen LogP contribution in [-0.4, -0.2) is 42.3 Å². The highest BCUT2D eigenvalue weighted by molar-refractivity contribution is 5.97. The first kappa shape index (κ1) is 19.0. The van der Waals surface area contributed by atoms with Crippen molar-refractivity contribution in [1.82, 2.24) is 5.32 Å². The van der Waals surface area contributed by atoms with Gasteiger partial charge in [0.1, 0.15) is 5.75 Å². The first-order valence-electron chi connectivity index (χ1n) is 7.88. The summed E-state index contributed by atoms with van der Waals surface area (Å²) < 4.78 is 10.4. The zero-order valence-corrected chi connectivity index (χ0v) is 13.9. The number of rotatable bonds is 9. The predicted molar refractivity (Wildman–Crippen MR) is 86.4 cm³/mol. The first-order valence-corrected chi connectivity index (χ1v) is 7.88. The molecule has 1 aromatic carbocycles. The Balaban J connectivity index is 2.66. The van der Waals surface area contributed by atoms with Crippen molar-refractivity contribution in [3.05, 3.63) is 29.8 Å². The Hall–Kier alpha value is -2.08. The summed E-state index contributed by atoms with van der Waals surface area (Å²) in [5, 5.41) is 12.1. The Morgan fingerprint density at radius 3 is 2.39 bits per heavy atom. The fourth-order valence-electron chi connectivity index (χ4n) is 1.87. The van der Waals surface area contributed by atoms with E-state index in [2.05, 4.69) is 12.2 Å². The number of ether oxygens (including phenoxy) is 2. The van der Waals surface area contributed by atoms with E-state index in [1.54, 1.807) is 31.2 Å². The van der Waals surface area contributed by atoms with Crippen molar-refractivity contribution in [2.24, 2.45) is 0 Å². The molecule has 0 unspecified atom stereocenters. The van der Waals surface area contributed by atoms with Crippen LogP contribution in [0.4, 0.5) is 0 Å². The normalized spacial score (nSPS) is 13.0. The van der Waals surface area contributed by atoms with Crippen LogP contribution in [0.2, 0.25) is 0 Å². The molecule has 0 aliphatic heterocycles. The Labute approximate surface area is 136 Å². The average Bonchev–Trinajstić information content (AvgIpc) is 2.53. The molecule has 2 N–H and O–H groups in total. The van der Waals surface area contributed by atoms with E-state index in [-0.39, 0.29) is 6.61 Å². The van der Waals surface area contributed by atoms with E-state index < -0.39 is 24.0 Å². The minimum atomic E-state index is -1.09. The van der Waals surface area contributed by atoms with Crippen LogP contribution in [0.3, 0.4) is 0 Å². The molecule has 0 aliphatic rings. The maximum atomic E-state index is 12.2. The molecule has 6 heteroatoms. The van der Waals surface area contributed by atoms with Gasteiger partial charge in [0.2, 0.25) is 0 Å². The second-order valence-corrected chi connectivity index (χ2v) is 5.17. The molecule has 0 saturated heterocycles. The molecule has 2 atom stereocenters. The van der Waals surface area contributed by atoms with Crippen LogP contribution in [0.1, 0.15) is 44.0 Å². The Bertz CT molecular complexity index is 498. The summed E-state index contributed by atoms with van der Waals surface area (Å²) in [6.45, 7) is 5.98. The van der Waals surface area contributed by atoms with Crippen LogP contribution in [0, 0.1) is 0 Å². The van der Waals surface area contributed by atoms with Gasteiger partial charge in [-0.25, -0.2) is 4.79 Å². The number of unbranched alkanes of at least 4 members (excludes halogenated alkanes) is 1. The highest BCUT2D eigenvalue weighted by Crippen LogP contribution is 2.13. The van der Waals surface area contributed by atoms with E-state index in [1.807, 2.05) is 0 Å². The van der Waals surface area contributed by atoms with Crippen molar-refractivity contribution in [2.45, 2.75) is 45.8 Å². The zero-order chi connectivity index (χ0) is 17.2. The Morgan fingerprint density at radius 1 is 1.22 bits per heavy atom. The van der Waals surface area contributed by atoms with Crippen LogP contribution in [-0.2, 0) is 9.53 Å². The van der Waals surface area contributed by atoms with Gasteiger partial charge in [-0.2, -0.15) is 0 Å². The van der Waals surface area contributed by atoms with Gasteiger partial charge in [-0.15, -0.1) is 0 Å². The number of benzene rings is 1. The molecular formula is C17H25NO5. The monoisotopic (exact) mass is 323 g/mol. The molecule has 23 heavy (non-hydrogen) atoms. The molecule has 1 amide bonds. The zero-order valence-electron chi connectivity index (χ0n) is 13.9. The minimum absolute atomic E-state index is 0.182. The van der Waals surface area contributed by atoms with Gasteiger partial charge in [-0.1, -0.05) is 13.3 Å². The summed E-state index contributed by atoms with van der Waals surface area (Å²) >= 11 is 0. The number of esters is 1. The molecule has 0 aliphatic carbocycles. The van der Waals surface area contributed by atoms with Crippen molar-refractivity contribution in [3.63, 3.8) is 0 Å². The van der Waals surface area contributed by atoms with Gasteiger partial charge in [0.05, 0.1) is 19.3 Å². The molecule has 6 nitrogen and oxygen atoms in total. The second-order valence-electron chi connectivity index (χ2n) is 5.17. The van der Waals surface area contributed by atoms with E-state index in [4.69, 9.17) is 9.47 Å². The maximum absolute atomic E-state index is 12.2. The average molecular weight is 323 g/mol. The highest BCUT2D eigenvalue weighted by Gasteiger charge is 2.27. The van der Waals surface area contributed by atoms with Gasteiger partial charge in [-0.05, 0) is 44.5 Å². The molecule has 0 heterocycles. The third-order valence-corrected chi connectivity index (χ3v) is 3.19. The highest BCUT2D eigenvalue weighted by atomic mass is 16.5. The molecule has 128 valence electrons. The lowest BCUT2D eigenvalue weighted by Gasteiger charge is -2.19. The molecule has 0 saturated carbocycles. The fraction of sp³-hybridized carbons (Fsp3) is 0.529. The van der Waals surface area contributed by atoms with E-state index in [0.717, 1.165) is 12.8 Å². The second kappa shape index (κ2) is 9.84. The Kier molecular flexibility index (Phi) is 8.11. The minimum Gasteiger partial charge on any atom is -0.494 e. The van der Waals surface area contributed by atoms with Gasteiger partial charge in [0.25, 0.3) is 5.91 Å². The van der Waals surface area contributed by atoms with Crippen molar-refractivity contribution < 1.29 is 24.2 Å². The Morgan fingerprint density at radius 2 is 1.87 bits per heavy atom. The lowest BCUT2D eigenvalue weighted by Crippen LogP contribution is -2.48. The number of aliphatic hydroxyl groups excluding tert-OH is 1. The largest absolute Gasteiger partial charge is 0.494 e. The molecule has 0 fully saturated rings. The van der Waals surface area contributed by atoms with E-state index in [9.17, 15) is 14.7 Å². The van der Waals surface area contributed by atoms with Gasteiger partial charge >= 0.3 is 5.97 Å².